The standard InChI is InChI=1S/C12H7FN2OS/c13-10-6-5-9(11-14-15-12(17)16-11)7-3-1-2-4-8(7)10/h1-6H,(H,15,17). The summed E-state index contributed by atoms with van der Waals surface area (Å²) in [6.45, 7) is 0. The van der Waals surface area contributed by atoms with E-state index in [1.54, 1.807) is 18.2 Å². The van der Waals surface area contributed by atoms with E-state index in [2.05, 4.69) is 10.2 Å². The lowest BCUT2D eigenvalue weighted by molar-refractivity contribution is 0.552. The van der Waals surface area contributed by atoms with E-state index in [0.717, 1.165) is 5.39 Å². The largest absolute Gasteiger partial charge is 0.409 e. The molecular weight excluding hydrogens is 239 g/mol. The highest BCUT2D eigenvalue weighted by atomic mass is 32.1. The van der Waals surface area contributed by atoms with Crippen LogP contribution in [0, 0.1) is 10.7 Å². The molecule has 5 heteroatoms. The minimum Gasteiger partial charge on any atom is -0.409 e. The summed E-state index contributed by atoms with van der Waals surface area (Å²) in [6, 6.07) is 10.2. The van der Waals surface area contributed by atoms with Gasteiger partial charge >= 0.3 is 0 Å². The first kappa shape index (κ1) is 10.2. The highest BCUT2D eigenvalue weighted by molar-refractivity contribution is 7.71. The van der Waals surface area contributed by atoms with Crippen LogP contribution in [0.25, 0.3) is 22.2 Å². The number of hydrogen-bond acceptors (Lipinski definition) is 3. The summed E-state index contributed by atoms with van der Waals surface area (Å²) < 4.78 is 18.9. The molecule has 3 rings (SSSR count). The lowest BCUT2D eigenvalue weighted by Gasteiger charge is -2.03. The molecule has 0 spiro atoms. The van der Waals surface area contributed by atoms with E-state index in [0.29, 0.717) is 16.8 Å². The van der Waals surface area contributed by atoms with Crippen LogP contribution in [0.3, 0.4) is 0 Å². The Balaban J connectivity index is 2.38. The lowest BCUT2D eigenvalue weighted by atomic mass is 10.0. The summed E-state index contributed by atoms with van der Waals surface area (Å²) in [4.78, 5) is 0.202. The summed E-state index contributed by atoms with van der Waals surface area (Å²) in [5.41, 5.74) is 0.717. The van der Waals surface area contributed by atoms with Crippen LogP contribution in [0.4, 0.5) is 4.39 Å². The maximum absolute atomic E-state index is 13.6. The first-order valence-corrected chi connectivity index (χ1v) is 5.39. The van der Waals surface area contributed by atoms with Crippen LogP contribution >= 0.6 is 12.2 Å². The van der Waals surface area contributed by atoms with Crippen LogP contribution in [0.1, 0.15) is 0 Å². The van der Waals surface area contributed by atoms with Crippen LogP contribution in [-0.2, 0) is 0 Å². The van der Waals surface area contributed by atoms with Crippen molar-refractivity contribution in [3.8, 4) is 11.5 Å². The second-order valence-corrected chi connectivity index (χ2v) is 3.93. The van der Waals surface area contributed by atoms with Crippen molar-refractivity contribution in [3.05, 3.63) is 47.1 Å². The second kappa shape index (κ2) is 3.78. The third-order valence-corrected chi connectivity index (χ3v) is 2.71. The first-order chi connectivity index (χ1) is 8.25. The molecule has 0 saturated heterocycles. The highest BCUT2D eigenvalue weighted by Crippen LogP contribution is 2.28. The van der Waals surface area contributed by atoms with Crippen molar-refractivity contribution in [2.45, 2.75) is 0 Å². The van der Waals surface area contributed by atoms with Crippen molar-refractivity contribution < 1.29 is 8.81 Å². The Hall–Kier alpha value is -2.01. The lowest BCUT2D eigenvalue weighted by Crippen LogP contribution is -1.85. The maximum Gasteiger partial charge on any atom is 0.284 e. The topological polar surface area (TPSA) is 41.8 Å². The molecule has 2 aromatic carbocycles. The second-order valence-electron chi connectivity index (χ2n) is 3.56. The molecule has 0 bridgehead atoms. The molecule has 0 amide bonds. The van der Waals surface area contributed by atoms with Crippen molar-refractivity contribution in [2.24, 2.45) is 0 Å². The molecule has 1 heterocycles. The van der Waals surface area contributed by atoms with Gasteiger partial charge in [0.1, 0.15) is 5.82 Å². The Labute approximate surface area is 101 Å². The molecule has 3 aromatic rings. The number of nitrogens with zero attached hydrogens (tertiary/aromatic N) is 1. The number of hydrogen-bond donors (Lipinski definition) is 1. The quantitative estimate of drug-likeness (QED) is 0.666. The van der Waals surface area contributed by atoms with Gasteiger partial charge in [-0.05, 0) is 29.7 Å². The van der Waals surface area contributed by atoms with E-state index < -0.39 is 0 Å². The fourth-order valence-corrected chi connectivity index (χ4v) is 1.92. The molecule has 0 saturated carbocycles. The van der Waals surface area contributed by atoms with Crippen molar-refractivity contribution in [2.75, 3.05) is 0 Å². The Bertz CT molecular complexity index is 747. The fraction of sp³-hybridized carbons (Fsp3) is 0. The van der Waals surface area contributed by atoms with Gasteiger partial charge in [-0.25, -0.2) is 9.49 Å². The van der Waals surface area contributed by atoms with Crippen LogP contribution in [0.2, 0.25) is 0 Å². The average molecular weight is 246 g/mol. The predicted octanol–water partition coefficient (Wildman–Crippen LogP) is 3.69. The van der Waals surface area contributed by atoms with Gasteiger partial charge in [0.15, 0.2) is 0 Å². The van der Waals surface area contributed by atoms with Gasteiger partial charge in [-0.3, -0.25) is 0 Å². The summed E-state index contributed by atoms with van der Waals surface area (Å²) in [5.74, 6) is 0.102. The Morgan fingerprint density at radius 3 is 2.59 bits per heavy atom. The predicted molar refractivity (Wildman–Crippen MR) is 64.6 cm³/mol. The number of halogens is 1. The SMILES string of the molecule is Fc1ccc(-c2n[nH]c(=S)o2)c2ccccc12. The molecule has 0 atom stereocenters. The number of nitrogens with one attached hydrogen (secondary N) is 1. The smallest absolute Gasteiger partial charge is 0.284 e. The molecule has 0 radical (unpaired) electrons. The maximum atomic E-state index is 13.6. The minimum atomic E-state index is -0.265. The van der Waals surface area contributed by atoms with E-state index in [1.807, 2.05) is 12.1 Å². The third-order valence-electron chi connectivity index (χ3n) is 2.54. The first-order valence-electron chi connectivity index (χ1n) is 4.99. The highest BCUT2D eigenvalue weighted by Gasteiger charge is 2.10. The van der Waals surface area contributed by atoms with Gasteiger partial charge in [0.25, 0.3) is 4.84 Å². The van der Waals surface area contributed by atoms with Gasteiger partial charge in [-0.15, -0.1) is 5.10 Å². The van der Waals surface area contributed by atoms with Crippen LogP contribution in [0.5, 0.6) is 0 Å². The van der Waals surface area contributed by atoms with Crippen molar-refractivity contribution in [1.29, 1.82) is 0 Å². The molecule has 1 aromatic heterocycles. The number of rotatable bonds is 1. The molecule has 0 unspecified atom stereocenters. The van der Waals surface area contributed by atoms with Crippen LogP contribution < -0.4 is 0 Å². The molecule has 1 N–H and O–H groups in total. The van der Waals surface area contributed by atoms with E-state index in [4.69, 9.17) is 16.6 Å². The monoisotopic (exact) mass is 246 g/mol. The zero-order valence-electron chi connectivity index (χ0n) is 8.61. The van der Waals surface area contributed by atoms with Crippen LogP contribution in [-0.4, -0.2) is 10.2 Å². The van der Waals surface area contributed by atoms with Gasteiger partial charge in [0.05, 0.1) is 0 Å². The zero-order valence-corrected chi connectivity index (χ0v) is 9.42. The van der Waals surface area contributed by atoms with E-state index in [9.17, 15) is 4.39 Å². The molecule has 0 aliphatic heterocycles. The summed E-state index contributed by atoms with van der Waals surface area (Å²) in [6.07, 6.45) is 0. The van der Waals surface area contributed by atoms with Crippen LogP contribution in [0.15, 0.2) is 40.8 Å². The van der Waals surface area contributed by atoms with Gasteiger partial charge in [-0.1, -0.05) is 24.3 Å². The molecule has 0 aliphatic rings. The number of fused-ring (bicyclic) bond motifs is 1. The molecule has 84 valence electrons. The number of benzene rings is 2. The fourth-order valence-electron chi connectivity index (χ4n) is 1.79. The van der Waals surface area contributed by atoms with E-state index in [1.165, 1.54) is 6.07 Å². The Kier molecular flexibility index (Phi) is 2.26. The molecule has 17 heavy (non-hydrogen) atoms. The Morgan fingerprint density at radius 2 is 1.88 bits per heavy atom. The van der Waals surface area contributed by atoms with Crippen molar-refractivity contribution in [3.63, 3.8) is 0 Å². The minimum absolute atomic E-state index is 0.202. The molecule has 0 fully saturated rings. The van der Waals surface area contributed by atoms with E-state index in [-0.39, 0.29) is 10.7 Å². The van der Waals surface area contributed by atoms with Crippen molar-refractivity contribution >= 4 is 23.0 Å². The number of aromatic nitrogens is 2. The summed E-state index contributed by atoms with van der Waals surface area (Å²) >= 11 is 4.82. The average Bonchev–Trinajstić information content (AvgIpc) is 2.77. The third kappa shape index (κ3) is 1.64. The zero-order chi connectivity index (χ0) is 11.8. The van der Waals surface area contributed by atoms with Gasteiger partial charge < -0.3 is 4.42 Å². The molecule has 0 aliphatic carbocycles. The summed E-state index contributed by atoms with van der Waals surface area (Å²) in [5, 5.41) is 7.78. The van der Waals surface area contributed by atoms with E-state index >= 15 is 0 Å². The van der Waals surface area contributed by atoms with Crippen molar-refractivity contribution in [1.82, 2.24) is 10.2 Å². The Morgan fingerprint density at radius 1 is 1.12 bits per heavy atom. The summed E-state index contributed by atoms with van der Waals surface area (Å²) in [7, 11) is 0. The number of aromatic amines is 1. The van der Waals surface area contributed by atoms with Gasteiger partial charge in [0.2, 0.25) is 5.89 Å². The number of H-pyrrole nitrogens is 1. The molecule has 3 nitrogen and oxygen atoms in total. The molecular formula is C12H7FN2OS. The normalized spacial score (nSPS) is 10.9. The van der Waals surface area contributed by atoms with Gasteiger partial charge in [0, 0.05) is 10.9 Å². The van der Waals surface area contributed by atoms with Gasteiger partial charge in [-0.2, -0.15) is 0 Å².